The lowest BCUT2D eigenvalue weighted by atomic mass is 10.1. The molecule has 1 aromatic heterocycles. The van der Waals surface area contributed by atoms with E-state index in [1.165, 1.54) is 4.88 Å². The molecule has 0 spiro atoms. The second-order valence-electron chi connectivity index (χ2n) is 4.98. The van der Waals surface area contributed by atoms with Gasteiger partial charge >= 0.3 is 0 Å². The number of carbonyl (C=O) groups excluding carboxylic acids is 1. The van der Waals surface area contributed by atoms with Crippen molar-refractivity contribution in [1.82, 2.24) is 4.90 Å². The lowest BCUT2D eigenvalue weighted by molar-refractivity contribution is 0.0731. The molecule has 5 heteroatoms. The van der Waals surface area contributed by atoms with Crippen LogP contribution in [0.3, 0.4) is 0 Å². The predicted molar refractivity (Wildman–Crippen MR) is 85.8 cm³/mol. The van der Waals surface area contributed by atoms with Gasteiger partial charge in [-0.25, -0.2) is 0 Å². The van der Waals surface area contributed by atoms with E-state index in [4.69, 9.17) is 5.73 Å². The zero-order valence-electron chi connectivity index (χ0n) is 10.9. The Hall–Kier alpha value is -1.33. The number of amides is 1. The second kappa shape index (κ2) is 5.58. The molecule has 0 radical (unpaired) electrons. The standard InChI is InChI=1S/C15H15BrN2OS/c16-13-6-3-10(8-14(13)17)15(19)18(11-4-5-11)9-12-2-1-7-20-12/h1-3,6-8,11H,4-5,9,17H2. The smallest absolute Gasteiger partial charge is 0.254 e. The number of anilines is 1. The maximum atomic E-state index is 12.7. The van der Waals surface area contributed by atoms with Crippen molar-refractivity contribution in [2.45, 2.75) is 25.4 Å². The average Bonchev–Trinajstić information content (AvgIpc) is 3.15. The second-order valence-corrected chi connectivity index (χ2v) is 6.87. The number of carbonyl (C=O) groups is 1. The summed E-state index contributed by atoms with van der Waals surface area (Å²) in [6.45, 7) is 0.692. The zero-order valence-corrected chi connectivity index (χ0v) is 13.3. The van der Waals surface area contributed by atoms with Crippen molar-refractivity contribution in [2.24, 2.45) is 0 Å². The summed E-state index contributed by atoms with van der Waals surface area (Å²) in [5.41, 5.74) is 7.13. The summed E-state index contributed by atoms with van der Waals surface area (Å²) < 4.78 is 0.824. The molecule has 0 atom stereocenters. The minimum atomic E-state index is 0.0695. The third-order valence-electron chi connectivity index (χ3n) is 3.40. The molecule has 1 saturated carbocycles. The average molecular weight is 351 g/mol. The highest BCUT2D eigenvalue weighted by Gasteiger charge is 2.33. The van der Waals surface area contributed by atoms with Crippen molar-refractivity contribution in [1.29, 1.82) is 0 Å². The molecule has 20 heavy (non-hydrogen) atoms. The van der Waals surface area contributed by atoms with Crippen LogP contribution in [0.5, 0.6) is 0 Å². The molecule has 1 amide bonds. The summed E-state index contributed by atoms with van der Waals surface area (Å²) in [5.74, 6) is 0.0695. The molecule has 2 aromatic rings. The van der Waals surface area contributed by atoms with Crippen LogP contribution in [0.1, 0.15) is 28.1 Å². The van der Waals surface area contributed by atoms with Crippen molar-refractivity contribution in [3.63, 3.8) is 0 Å². The minimum absolute atomic E-state index is 0.0695. The van der Waals surface area contributed by atoms with Gasteiger partial charge in [0.1, 0.15) is 0 Å². The summed E-state index contributed by atoms with van der Waals surface area (Å²) >= 11 is 5.05. The van der Waals surface area contributed by atoms with E-state index in [0.717, 1.165) is 17.3 Å². The van der Waals surface area contributed by atoms with Gasteiger partial charge in [-0.3, -0.25) is 4.79 Å². The van der Waals surface area contributed by atoms with Gasteiger partial charge in [-0.2, -0.15) is 0 Å². The van der Waals surface area contributed by atoms with Crippen LogP contribution in [-0.2, 0) is 6.54 Å². The first-order chi connectivity index (χ1) is 9.65. The fourth-order valence-electron chi connectivity index (χ4n) is 2.17. The zero-order chi connectivity index (χ0) is 14.1. The van der Waals surface area contributed by atoms with E-state index >= 15 is 0 Å². The van der Waals surface area contributed by atoms with E-state index in [-0.39, 0.29) is 5.91 Å². The van der Waals surface area contributed by atoms with E-state index in [0.29, 0.717) is 23.8 Å². The first kappa shape index (κ1) is 13.6. The van der Waals surface area contributed by atoms with Crippen LogP contribution in [0.15, 0.2) is 40.2 Å². The first-order valence-corrected chi connectivity index (χ1v) is 8.21. The Bertz CT molecular complexity index is 623. The maximum absolute atomic E-state index is 12.7. The molecule has 0 saturated heterocycles. The SMILES string of the molecule is Nc1cc(C(=O)N(Cc2cccs2)C2CC2)ccc1Br. The van der Waals surface area contributed by atoms with Crippen molar-refractivity contribution in [2.75, 3.05) is 5.73 Å². The highest BCUT2D eigenvalue weighted by molar-refractivity contribution is 9.10. The molecule has 1 heterocycles. The van der Waals surface area contributed by atoms with Gasteiger partial charge in [0.05, 0.1) is 6.54 Å². The van der Waals surface area contributed by atoms with Gasteiger partial charge in [0.25, 0.3) is 5.91 Å². The molecular weight excluding hydrogens is 336 g/mol. The van der Waals surface area contributed by atoms with Crippen molar-refractivity contribution in [3.05, 3.63) is 50.6 Å². The topological polar surface area (TPSA) is 46.3 Å². The monoisotopic (exact) mass is 350 g/mol. The van der Waals surface area contributed by atoms with Gasteiger partial charge in [0.15, 0.2) is 0 Å². The largest absolute Gasteiger partial charge is 0.398 e. The van der Waals surface area contributed by atoms with Crippen molar-refractivity contribution in [3.8, 4) is 0 Å². The number of thiophene rings is 1. The van der Waals surface area contributed by atoms with Gasteiger partial charge in [-0.1, -0.05) is 6.07 Å². The quantitative estimate of drug-likeness (QED) is 0.850. The molecule has 2 N–H and O–H groups in total. The van der Waals surface area contributed by atoms with Crippen molar-refractivity contribution < 1.29 is 4.79 Å². The van der Waals surface area contributed by atoms with Gasteiger partial charge < -0.3 is 10.6 Å². The minimum Gasteiger partial charge on any atom is -0.398 e. The number of nitrogens with zero attached hydrogens (tertiary/aromatic N) is 1. The summed E-state index contributed by atoms with van der Waals surface area (Å²) in [6, 6.07) is 9.88. The summed E-state index contributed by atoms with van der Waals surface area (Å²) in [5, 5.41) is 2.04. The van der Waals surface area contributed by atoms with Gasteiger partial charge in [0.2, 0.25) is 0 Å². The molecule has 3 nitrogen and oxygen atoms in total. The first-order valence-electron chi connectivity index (χ1n) is 6.53. The third-order valence-corrected chi connectivity index (χ3v) is 4.98. The molecular formula is C15H15BrN2OS. The highest BCUT2D eigenvalue weighted by Crippen LogP contribution is 2.31. The third kappa shape index (κ3) is 2.88. The molecule has 0 unspecified atom stereocenters. The lowest BCUT2D eigenvalue weighted by Crippen LogP contribution is -2.32. The summed E-state index contributed by atoms with van der Waals surface area (Å²) in [4.78, 5) is 15.9. The van der Waals surface area contributed by atoms with Crippen molar-refractivity contribution >= 4 is 38.9 Å². The molecule has 1 aromatic carbocycles. The number of hydrogen-bond donors (Lipinski definition) is 1. The highest BCUT2D eigenvalue weighted by atomic mass is 79.9. The predicted octanol–water partition coefficient (Wildman–Crippen LogP) is 3.90. The number of nitrogen functional groups attached to an aromatic ring is 1. The fourth-order valence-corrected chi connectivity index (χ4v) is 3.12. The lowest BCUT2D eigenvalue weighted by Gasteiger charge is -2.22. The molecule has 0 bridgehead atoms. The Labute approximate surface area is 130 Å². The Morgan fingerprint density at radius 3 is 2.80 bits per heavy atom. The van der Waals surface area contributed by atoms with E-state index in [1.807, 2.05) is 28.5 Å². The normalized spacial score (nSPS) is 14.2. The molecule has 1 fully saturated rings. The van der Waals surface area contributed by atoms with Crippen LogP contribution in [0.4, 0.5) is 5.69 Å². The van der Waals surface area contributed by atoms with E-state index in [9.17, 15) is 4.79 Å². The van der Waals surface area contributed by atoms with Gasteiger partial charge in [-0.05, 0) is 58.4 Å². The molecule has 1 aliphatic rings. The Kier molecular flexibility index (Phi) is 3.81. The number of benzene rings is 1. The number of nitrogens with two attached hydrogens (primary N) is 1. The Morgan fingerprint density at radius 1 is 1.40 bits per heavy atom. The van der Waals surface area contributed by atoms with Crippen LogP contribution in [0.2, 0.25) is 0 Å². The summed E-state index contributed by atoms with van der Waals surface area (Å²) in [6.07, 6.45) is 2.20. The Balaban J connectivity index is 1.83. The van der Waals surface area contributed by atoms with Crippen LogP contribution < -0.4 is 5.73 Å². The van der Waals surface area contributed by atoms with Crippen LogP contribution in [-0.4, -0.2) is 16.8 Å². The number of rotatable bonds is 4. The molecule has 0 aliphatic heterocycles. The van der Waals surface area contributed by atoms with E-state index < -0.39 is 0 Å². The number of hydrogen-bond acceptors (Lipinski definition) is 3. The van der Waals surface area contributed by atoms with Gasteiger partial charge in [-0.15, -0.1) is 11.3 Å². The molecule has 3 rings (SSSR count). The Morgan fingerprint density at radius 2 is 2.20 bits per heavy atom. The van der Waals surface area contributed by atoms with E-state index in [2.05, 4.69) is 22.0 Å². The number of halogens is 1. The molecule has 104 valence electrons. The van der Waals surface area contributed by atoms with Gasteiger partial charge in [0, 0.05) is 26.6 Å². The van der Waals surface area contributed by atoms with Crippen LogP contribution >= 0.6 is 27.3 Å². The van der Waals surface area contributed by atoms with Crippen LogP contribution in [0.25, 0.3) is 0 Å². The fraction of sp³-hybridized carbons (Fsp3) is 0.267. The molecule has 1 aliphatic carbocycles. The van der Waals surface area contributed by atoms with Crippen LogP contribution in [0, 0.1) is 0 Å². The van der Waals surface area contributed by atoms with E-state index in [1.54, 1.807) is 17.4 Å². The maximum Gasteiger partial charge on any atom is 0.254 e. The summed E-state index contributed by atoms with van der Waals surface area (Å²) in [7, 11) is 0.